The molecule has 128 valence electrons. The van der Waals surface area contributed by atoms with E-state index in [2.05, 4.69) is 42.5 Å². The molecule has 0 heterocycles. The third kappa shape index (κ3) is 20.1. The molecule has 0 saturated carbocycles. The number of carboxylic acids is 1. The molecule has 1 N–H and O–H groups in total. The first-order valence-electron chi connectivity index (χ1n) is 8.27. The Labute approximate surface area is 140 Å². The van der Waals surface area contributed by atoms with E-state index in [4.69, 9.17) is 5.11 Å². The fraction of sp³-hybridized carbons (Fsp3) is 0.450. The zero-order valence-electron chi connectivity index (χ0n) is 14.1. The topological polar surface area (TPSA) is 60.4 Å². The van der Waals surface area contributed by atoms with Gasteiger partial charge in [-0.15, -0.1) is 0 Å². The molecule has 0 radical (unpaired) electrons. The minimum Gasteiger partial charge on any atom is -0.550 e. The maximum absolute atomic E-state index is 10.2. The van der Waals surface area contributed by atoms with Gasteiger partial charge in [0.1, 0.15) is 0 Å². The number of aliphatic carboxylic acids is 1. The Morgan fingerprint density at radius 3 is 1.74 bits per heavy atom. The summed E-state index contributed by atoms with van der Waals surface area (Å²) in [5.74, 6) is -0.976. The van der Waals surface area contributed by atoms with Crippen molar-refractivity contribution in [3.05, 3.63) is 60.8 Å². The average Bonchev–Trinajstić information content (AvgIpc) is 2.49. The lowest BCUT2D eigenvalue weighted by molar-refractivity contribution is -0.305. The van der Waals surface area contributed by atoms with Gasteiger partial charge in [-0.05, 0) is 51.9 Å². The Balaban J connectivity index is 3.50. The summed E-state index contributed by atoms with van der Waals surface area (Å²) < 4.78 is 0. The molecular formula is C20H29O3-. The monoisotopic (exact) mass is 317 g/mol. The summed E-state index contributed by atoms with van der Waals surface area (Å²) in [7, 11) is 0. The molecule has 0 aliphatic heterocycles. The van der Waals surface area contributed by atoms with E-state index in [1.165, 1.54) is 0 Å². The highest BCUT2D eigenvalue weighted by Crippen LogP contribution is 1.98. The zero-order chi connectivity index (χ0) is 17.2. The lowest BCUT2D eigenvalue weighted by Gasteiger charge is -1.97. The number of carbonyl (C=O) groups excluding carboxylic acids is 1. The van der Waals surface area contributed by atoms with Crippen LogP contribution in [-0.2, 0) is 4.79 Å². The molecule has 3 heteroatoms. The first-order chi connectivity index (χ1) is 11.1. The Bertz CT molecular complexity index is 426. The van der Waals surface area contributed by atoms with Gasteiger partial charge in [-0.1, -0.05) is 60.8 Å². The van der Waals surface area contributed by atoms with Crippen LogP contribution in [0.5, 0.6) is 0 Å². The molecule has 0 bridgehead atoms. The quantitative estimate of drug-likeness (QED) is 0.417. The first-order valence-corrected chi connectivity index (χ1v) is 8.27. The highest BCUT2D eigenvalue weighted by Gasteiger charge is 1.84. The zero-order valence-corrected chi connectivity index (χ0v) is 14.1. The summed E-state index contributed by atoms with van der Waals surface area (Å²) in [6.45, 7) is 1.74. The van der Waals surface area contributed by atoms with E-state index in [0.29, 0.717) is 6.42 Å². The SMILES string of the molecule is CC(O)/C=C\C/C=C\C/C=C\C/C=C\C/C=C\CCCC(=O)[O-]. The minimum absolute atomic E-state index is 0.135. The summed E-state index contributed by atoms with van der Waals surface area (Å²) in [6, 6.07) is 0. The number of rotatable bonds is 13. The average molecular weight is 317 g/mol. The van der Waals surface area contributed by atoms with E-state index in [9.17, 15) is 9.90 Å². The standard InChI is InChI=1S/C20H30O3/c1-19(21)17-15-13-11-9-7-5-3-2-4-6-8-10-12-14-16-18-20(22)23/h3-6,9-12,15,17,19,21H,2,7-8,13-14,16,18H2,1H3,(H,22,23)/p-1/b5-3-,6-4-,11-9-,12-10-,17-15-. The molecule has 0 aromatic rings. The van der Waals surface area contributed by atoms with Crippen LogP contribution >= 0.6 is 0 Å². The molecule has 0 aromatic carbocycles. The van der Waals surface area contributed by atoms with Gasteiger partial charge in [0.25, 0.3) is 0 Å². The fourth-order valence-corrected chi connectivity index (χ4v) is 1.75. The summed E-state index contributed by atoms with van der Waals surface area (Å²) in [4.78, 5) is 10.2. The van der Waals surface area contributed by atoms with E-state index in [1.807, 2.05) is 12.2 Å². The van der Waals surface area contributed by atoms with Crippen LogP contribution in [0.4, 0.5) is 0 Å². The molecule has 0 aliphatic rings. The maximum Gasteiger partial charge on any atom is 0.0692 e. The van der Waals surface area contributed by atoms with Crippen molar-refractivity contribution in [3.63, 3.8) is 0 Å². The Morgan fingerprint density at radius 1 is 0.870 bits per heavy atom. The predicted octanol–water partition coefficient (Wildman–Crippen LogP) is 3.63. The highest BCUT2D eigenvalue weighted by molar-refractivity contribution is 5.64. The maximum atomic E-state index is 10.2. The minimum atomic E-state index is -0.976. The van der Waals surface area contributed by atoms with Crippen molar-refractivity contribution >= 4 is 5.97 Å². The molecule has 1 unspecified atom stereocenters. The number of aliphatic hydroxyl groups is 1. The Kier molecular flexibility index (Phi) is 15.2. The fourth-order valence-electron chi connectivity index (χ4n) is 1.75. The third-order valence-corrected chi connectivity index (χ3v) is 2.92. The Morgan fingerprint density at radius 2 is 1.30 bits per heavy atom. The second-order valence-electron chi connectivity index (χ2n) is 5.26. The van der Waals surface area contributed by atoms with Crippen molar-refractivity contribution in [2.45, 2.75) is 58.0 Å². The van der Waals surface area contributed by atoms with Crippen molar-refractivity contribution < 1.29 is 15.0 Å². The lowest BCUT2D eigenvalue weighted by atomic mass is 10.2. The number of allylic oxidation sites excluding steroid dienone is 9. The summed E-state index contributed by atoms with van der Waals surface area (Å²) in [5.41, 5.74) is 0. The third-order valence-electron chi connectivity index (χ3n) is 2.92. The van der Waals surface area contributed by atoms with Gasteiger partial charge in [0.15, 0.2) is 0 Å². The van der Waals surface area contributed by atoms with Crippen molar-refractivity contribution in [1.29, 1.82) is 0 Å². The van der Waals surface area contributed by atoms with Crippen LogP contribution in [0, 0.1) is 0 Å². The molecular weight excluding hydrogens is 288 g/mol. The molecule has 0 spiro atoms. The van der Waals surface area contributed by atoms with Crippen molar-refractivity contribution in [1.82, 2.24) is 0 Å². The molecule has 0 amide bonds. The number of hydrogen-bond acceptors (Lipinski definition) is 3. The number of aliphatic hydroxyl groups excluding tert-OH is 1. The predicted molar refractivity (Wildman–Crippen MR) is 94.7 cm³/mol. The van der Waals surface area contributed by atoms with E-state index < -0.39 is 5.97 Å². The van der Waals surface area contributed by atoms with E-state index in [-0.39, 0.29) is 12.5 Å². The first kappa shape index (κ1) is 21.1. The van der Waals surface area contributed by atoms with Crippen LogP contribution < -0.4 is 5.11 Å². The number of carboxylic acid groups (broad SMARTS) is 1. The number of unbranched alkanes of at least 4 members (excludes halogenated alkanes) is 1. The highest BCUT2D eigenvalue weighted by atomic mass is 16.4. The van der Waals surface area contributed by atoms with Gasteiger partial charge >= 0.3 is 0 Å². The summed E-state index contributed by atoms with van der Waals surface area (Å²) in [5, 5.41) is 19.2. The van der Waals surface area contributed by atoms with Gasteiger partial charge in [0, 0.05) is 5.97 Å². The summed E-state index contributed by atoms with van der Waals surface area (Å²) in [6.07, 6.45) is 25.3. The number of hydrogen-bond donors (Lipinski definition) is 1. The molecule has 0 aromatic heterocycles. The van der Waals surface area contributed by atoms with Crippen LogP contribution in [0.3, 0.4) is 0 Å². The Hall–Kier alpha value is -1.87. The normalized spacial score (nSPS) is 14.2. The molecule has 0 fully saturated rings. The molecule has 1 atom stereocenters. The van der Waals surface area contributed by atoms with Gasteiger partial charge in [-0.2, -0.15) is 0 Å². The van der Waals surface area contributed by atoms with Gasteiger partial charge < -0.3 is 15.0 Å². The molecule has 23 heavy (non-hydrogen) atoms. The number of carbonyl (C=O) groups is 1. The van der Waals surface area contributed by atoms with Crippen molar-refractivity contribution in [3.8, 4) is 0 Å². The van der Waals surface area contributed by atoms with Crippen molar-refractivity contribution in [2.24, 2.45) is 0 Å². The van der Waals surface area contributed by atoms with Crippen LogP contribution in [0.2, 0.25) is 0 Å². The van der Waals surface area contributed by atoms with Crippen molar-refractivity contribution in [2.75, 3.05) is 0 Å². The van der Waals surface area contributed by atoms with Gasteiger partial charge in [0.05, 0.1) is 6.10 Å². The van der Waals surface area contributed by atoms with Gasteiger partial charge in [-0.25, -0.2) is 0 Å². The van der Waals surface area contributed by atoms with Crippen LogP contribution in [0.15, 0.2) is 60.8 Å². The molecule has 0 aliphatic carbocycles. The second kappa shape index (κ2) is 16.5. The molecule has 0 saturated heterocycles. The van der Waals surface area contributed by atoms with Crippen LogP contribution in [0.1, 0.15) is 51.9 Å². The van der Waals surface area contributed by atoms with Crippen LogP contribution in [0.25, 0.3) is 0 Å². The molecule has 0 rings (SSSR count). The van der Waals surface area contributed by atoms with Gasteiger partial charge in [-0.3, -0.25) is 0 Å². The van der Waals surface area contributed by atoms with E-state index >= 15 is 0 Å². The van der Waals surface area contributed by atoms with E-state index in [1.54, 1.807) is 13.0 Å². The van der Waals surface area contributed by atoms with Crippen LogP contribution in [-0.4, -0.2) is 17.2 Å². The van der Waals surface area contributed by atoms with Gasteiger partial charge in [0.2, 0.25) is 0 Å². The second-order valence-corrected chi connectivity index (χ2v) is 5.26. The lowest BCUT2D eigenvalue weighted by Crippen LogP contribution is -2.21. The van der Waals surface area contributed by atoms with E-state index in [0.717, 1.165) is 32.1 Å². The molecule has 3 nitrogen and oxygen atoms in total. The smallest absolute Gasteiger partial charge is 0.0692 e. The largest absolute Gasteiger partial charge is 0.550 e. The summed E-state index contributed by atoms with van der Waals surface area (Å²) >= 11 is 0.